The summed E-state index contributed by atoms with van der Waals surface area (Å²) in [7, 11) is 1.73. The van der Waals surface area contributed by atoms with Gasteiger partial charge in [0.25, 0.3) is 5.91 Å². The fourth-order valence-electron chi connectivity index (χ4n) is 1.55. The third-order valence-electron chi connectivity index (χ3n) is 2.39. The Morgan fingerprint density at radius 2 is 2.20 bits per heavy atom. The third-order valence-corrected chi connectivity index (χ3v) is 2.39. The fourth-order valence-corrected chi connectivity index (χ4v) is 1.55. The zero-order chi connectivity index (χ0) is 15.0. The largest absolute Gasteiger partial charge is 0.484 e. The summed E-state index contributed by atoms with van der Waals surface area (Å²) < 4.78 is 5.26. The molecule has 0 spiro atoms. The lowest BCUT2D eigenvalue weighted by Crippen LogP contribution is -2.40. The molecule has 0 saturated carbocycles. The number of primary amides is 1. The number of aliphatic imine (C=N–C) groups is 1. The van der Waals surface area contributed by atoms with E-state index in [1.165, 1.54) is 0 Å². The van der Waals surface area contributed by atoms with Crippen LogP contribution in [0.4, 0.5) is 0 Å². The number of nitrogens with two attached hydrogens (primary N) is 1. The molecule has 6 heteroatoms. The molecule has 0 fully saturated rings. The van der Waals surface area contributed by atoms with E-state index in [2.05, 4.69) is 15.6 Å². The molecule has 0 aliphatic heterocycles. The van der Waals surface area contributed by atoms with Gasteiger partial charge in [0.15, 0.2) is 12.6 Å². The van der Waals surface area contributed by atoms with E-state index in [-0.39, 0.29) is 6.61 Å². The number of carbonyl (C=O) groups excluding carboxylic acids is 1. The van der Waals surface area contributed by atoms with Gasteiger partial charge in [-0.3, -0.25) is 9.79 Å². The number of amides is 1. The van der Waals surface area contributed by atoms with Crippen LogP contribution in [0.25, 0.3) is 0 Å². The predicted molar refractivity (Wildman–Crippen MR) is 79.6 cm³/mol. The highest BCUT2D eigenvalue weighted by atomic mass is 16.5. The number of nitrogens with one attached hydrogen (secondary N) is 2. The molecule has 0 unspecified atom stereocenters. The lowest BCUT2D eigenvalue weighted by molar-refractivity contribution is -0.119. The maximum Gasteiger partial charge on any atom is 0.255 e. The first kappa shape index (κ1) is 15.8. The van der Waals surface area contributed by atoms with Crippen molar-refractivity contribution in [2.45, 2.75) is 26.4 Å². The number of carbonyl (C=O) groups is 1. The fraction of sp³-hybridized carbons (Fsp3) is 0.429. The maximum atomic E-state index is 10.7. The Labute approximate surface area is 119 Å². The summed E-state index contributed by atoms with van der Waals surface area (Å²) in [5, 5.41) is 6.40. The smallest absolute Gasteiger partial charge is 0.255 e. The van der Waals surface area contributed by atoms with E-state index in [1.807, 2.05) is 32.0 Å². The van der Waals surface area contributed by atoms with Gasteiger partial charge in [-0.2, -0.15) is 0 Å². The molecule has 0 aliphatic carbocycles. The van der Waals surface area contributed by atoms with Gasteiger partial charge < -0.3 is 21.1 Å². The van der Waals surface area contributed by atoms with Crippen molar-refractivity contribution < 1.29 is 9.53 Å². The van der Waals surface area contributed by atoms with E-state index in [9.17, 15) is 4.79 Å². The number of rotatable bonds is 6. The van der Waals surface area contributed by atoms with Crippen molar-refractivity contribution in [3.8, 4) is 5.75 Å². The van der Waals surface area contributed by atoms with E-state index in [0.29, 0.717) is 18.3 Å². The van der Waals surface area contributed by atoms with Crippen molar-refractivity contribution in [2.24, 2.45) is 10.7 Å². The normalized spacial score (nSPS) is 11.3. The van der Waals surface area contributed by atoms with Gasteiger partial charge in [-0.25, -0.2) is 0 Å². The van der Waals surface area contributed by atoms with Crippen LogP contribution in [-0.4, -0.2) is 31.6 Å². The number of hydrogen-bond donors (Lipinski definition) is 3. The Morgan fingerprint density at radius 1 is 1.45 bits per heavy atom. The van der Waals surface area contributed by atoms with E-state index in [1.54, 1.807) is 13.1 Å². The van der Waals surface area contributed by atoms with Gasteiger partial charge in [0.05, 0.1) is 0 Å². The Kier molecular flexibility index (Phi) is 6.36. The molecule has 20 heavy (non-hydrogen) atoms. The Morgan fingerprint density at radius 3 is 2.80 bits per heavy atom. The molecule has 110 valence electrons. The molecule has 0 aromatic heterocycles. The molecule has 0 saturated heterocycles. The summed E-state index contributed by atoms with van der Waals surface area (Å²) in [5.41, 5.74) is 6.07. The Bertz CT molecular complexity index is 472. The summed E-state index contributed by atoms with van der Waals surface area (Å²) in [6, 6.07) is 7.79. The van der Waals surface area contributed by atoms with Crippen LogP contribution in [-0.2, 0) is 11.3 Å². The molecule has 0 aliphatic rings. The van der Waals surface area contributed by atoms with E-state index in [4.69, 9.17) is 10.5 Å². The lowest BCUT2D eigenvalue weighted by atomic mass is 10.2. The molecule has 1 aromatic rings. The predicted octanol–water partition coefficient (Wildman–Crippen LogP) is 0.624. The molecule has 0 atom stereocenters. The van der Waals surface area contributed by atoms with Gasteiger partial charge in [0.1, 0.15) is 5.75 Å². The zero-order valence-electron chi connectivity index (χ0n) is 12.1. The van der Waals surface area contributed by atoms with Crippen molar-refractivity contribution in [2.75, 3.05) is 13.7 Å². The monoisotopic (exact) mass is 278 g/mol. The molecule has 0 heterocycles. The Balaban J connectivity index is 2.55. The number of benzene rings is 1. The first-order chi connectivity index (χ1) is 9.51. The van der Waals surface area contributed by atoms with Crippen molar-refractivity contribution in [3.05, 3.63) is 29.8 Å². The highest BCUT2D eigenvalue weighted by Crippen LogP contribution is 2.12. The van der Waals surface area contributed by atoms with E-state index < -0.39 is 5.91 Å². The molecular formula is C14H22N4O2. The summed E-state index contributed by atoms with van der Waals surface area (Å²) in [6.45, 7) is 4.59. The van der Waals surface area contributed by atoms with Crippen LogP contribution in [0.1, 0.15) is 19.4 Å². The minimum atomic E-state index is -0.491. The molecule has 1 aromatic carbocycles. The average Bonchev–Trinajstić information content (AvgIpc) is 2.41. The number of nitrogens with zero attached hydrogens (tertiary/aromatic N) is 1. The molecule has 4 N–H and O–H groups in total. The Hall–Kier alpha value is -2.24. The minimum Gasteiger partial charge on any atom is -0.484 e. The number of guanidine groups is 1. The van der Waals surface area contributed by atoms with Gasteiger partial charge >= 0.3 is 0 Å². The third kappa shape index (κ3) is 6.08. The van der Waals surface area contributed by atoms with Gasteiger partial charge in [-0.1, -0.05) is 12.1 Å². The molecule has 0 radical (unpaired) electrons. The molecule has 0 bridgehead atoms. The molecule has 1 rings (SSSR count). The second kappa shape index (κ2) is 8.04. The zero-order valence-corrected chi connectivity index (χ0v) is 12.1. The number of hydrogen-bond acceptors (Lipinski definition) is 3. The maximum absolute atomic E-state index is 10.7. The first-order valence-corrected chi connectivity index (χ1v) is 6.48. The second-order valence-corrected chi connectivity index (χ2v) is 4.63. The topological polar surface area (TPSA) is 88.7 Å². The van der Waals surface area contributed by atoms with E-state index >= 15 is 0 Å². The summed E-state index contributed by atoms with van der Waals surface area (Å²) >= 11 is 0. The van der Waals surface area contributed by atoms with Crippen LogP contribution in [0, 0.1) is 0 Å². The average molecular weight is 278 g/mol. The van der Waals surface area contributed by atoms with Crippen LogP contribution >= 0.6 is 0 Å². The lowest BCUT2D eigenvalue weighted by Gasteiger charge is -2.14. The molecular weight excluding hydrogens is 256 g/mol. The van der Waals surface area contributed by atoms with Gasteiger partial charge in [-0.05, 0) is 31.5 Å². The van der Waals surface area contributed by atoms with Crippen LogP contribution in [0.5, 0.6) is 5.75 Å². The van der Waals surface area contributed by atoms with Crippen molar-refractivity contribution in [1.82, 2.24) is 10.6 Å². The van der Waals surface area contributed by atoms with E-state index in [0.717, 1.165) is 11.5 Å². The van der Waals surface area contributed by atoms with Crippen LogP contribution in [0.15, 0.2) is 29.3 Å². The van der Waals surface area contributed by atoms with Crippen LogP contribution in [0.2, 0.25) is 0 Å². The SMILES string of the molecule is CN=C(NCc1cccc(OCC(N)=O)c1)NC(C)C. The van der Waals surface area contributed by atoms with Gasteiger partial charge in [-0.15, -0.1) is 0 Å². The summed E-state index contributed by atoms with van der Waals surface area (Å²) in [4.78, 5) is 14.8. The second-order valence-electron chi connectivity index (χ2n) is 4.63. The van der Waals surface area contributed by atoms with Gasteiger partial charge in [0, 0.05) is 19.6 Å². The van der Waals surface area contributed by atoms with Gasteiger partial charge in [0.2, 0.25) is 0 Å². The van der Waals surface area contributed by atoms with Crippen molar-refractivity contribution >= 4 is 11.9 Å². The quantitative estimate of drug-likeness (QED) is 0.526. The number of ether oxygens (including phenoxy) is 1. The minimum absolute atomic E-state index is 0.118. The highest BCUT2D eigenvalue weighted by Gasteiger charge is 2.02. The van der Waals surface area contributed by atoms with Crippen molar-refractivity contribution in [1.29, 1.82) is 0 Å². The first-order valence-electron chi connectivity index (χ1n) is 6.48. The van der Waals surface area contributed by atoms with Crippen molar-refractivity contribution in [3.63, 3.8) is 0 Å². The van der Waals surface area contributed by atoms with Crippen LogP contribution < -0.4 is 21.1 Å². The molecule has 1 amide bonds. The standard InChI is InChI=1S/C14H22N4O2/c1-10(2)18-14(16-3)17-8-11-5-4-6-12(7-11)20-9-13(15)19/h4-7,10H,8-9H2,1-3H3,(H2,15,19)(H2,16,17,18). The highest BCUT2D eigenvalue weighted by molar-refractivity contribution is 5.79. The summed E-state index contributed by atoms with van der Waals surface area (Å²) in [5.74, 6) is 0.869. The van der Waals surface area contributed by atoms with Crippen LogP contribution in [0.3, 0.4) is 0 Å². The molecule has 6 nitrogen and oxygen atoms in total. The summed E-state index contributed by atoms with van der Waals surface area (Å²) in [6.07, 6.45) is 0.